The van der Waals surface area contributed by atoms with Crippen molar-refractivity contribution in [3.8, 4) is 11.3 Å². The molecule has 1 amide bonds. The number of hydrogen-bond donors (Lipinski definition) is 1. The van der Waals surface area contributed by atoms with Crippen molar-refractivity contribution in [2.45, 2.75) is 13.8 Å². The lowest BCUT2D eigenvalue weighted by atomic mass is 10.0. The summed E-state index contributed by atoms with van der Waals surface area (Å²) in [5.74, 6) is -0.549. The minimum atomic E-state index is -0.652. The molecule has 132 valence electrons. The summed E-state index contributed by atoms with van der Waals surface area (Å²) in [6, 6.07) is 9.38. The van der Waals surface area contributed by atoms with Crippen molar-refractivity contribution in [3.63, 3.8) is 0 Å². The third kappa shape index (κ3) is 3.40. The number of carbonyl (C=O) groups excluding carboxylic acids is 1. The predicted octanol–water partition coefficient (Wildman–Crippen LogP) is 4.17. The molecule has 0 radical (unpaired) electrons. The molecule has 0 bridgehead atoms. The number of nitro groups is 1. The number of amides is 1. The molecule has 0 aliphatic heterocycles. The molecule has 26 heavy (non-hydrogen) atoms. The third-order valence-corrected chi connectivity index (χ3v) is 4.10. The molecule has 3 aromatic rings. The van der Waals surface area contributed by atoms with Crippen LogP contribution in [0.3, 0.4) is 0 Å². The monoisotopic (exact) mass is 372 g/mol. The quantitative estimate of drug-likeness (QED) is 0.543. The summed E-state index contributed by atoms with van der Waals surface area (Å²) in [5, 5.41) is 21.1. The van der Waals surface area contributed by atoms with Gasteiger partial charge in [-0.25, -0.2) is 4.63 Å². The lowest BCUT2D eigenvalue weighted by Crippen LogP contribution is -2.14. The maximum absolute atomic E-state index is 12.5. The van der Waals surface area contributed by atoms with Crippen LogP contribution in [-0.2, 0) is 0 Å². The summed E-state index contributed by atoms with van der Waals surface area (Å²) in [4.78, 5) is 22.8. The highest BCUT2D eigenvalue weighted by Gasteiger charge is 2.21. The van der Waals surface area contributed by atoms with Crippen LogP contribution in [-0.4, -0.2) is 21.1 Å². The Kier molecular flexibility index (Phi) is 4.68. The van der Waals surface area contributed by atoms with Crippen molar-refractivity contribution in [2.24, 2.45) is 0 Å². The Morgan fingerprint density at radius 2 is 1.96 bits per heavy atom. The van der Waals surface area contributed by atoms with Gasteiger partial charge >= 0.3 is 0 Å². The number of nitro benzene ring substituents is 1. The van der Waals surface area contributed by atoms with E-state index < -0.39 is 10.8 Å². The number of halogens is 1. The Balaban J connectivity index is 1.95. The van der Waals surface area contributed by atoms with E-state index in [9.17, 15) is 14.9 Å². The van der Waals surface area contributed by atoms with E-state index in [1.165, 1.54) is 12.1 Å². The summed E-state index contributed by atoms with van der Waals surface area (Å²) >= 11 is 6.00. The highest BCUT2D eigenvalue weighted by Crippen LogP contribution is 2.29. The molecule has 1 heterocycles. The second kappa shape index (κ2) is 6.93. The molecule has 2 aromatic carbocycles. The van der Waals surface area contributed by atoms with Crippen LogP contribution < -0.4 is 5.32 Å². The summed E-state index contributed by atoms with van der Waals surface area (Å²) in [6.45, 7) is 3.82. The van der Waals surface area contributed by atoms with Gasteiger partial charge in [0, 0.05) is 17.7 Å². The van der Waals surface area contributed by atoms with Crippen molar-refractivity contribution in [1.29, 1.82) is 0 Å². The largest absolute Gasteiger partial charge is 0.302 e. The summed E-state index contributed by atoms with van der Waals surface area (Å²) in [7, 11) is 0. The van der Waals surface area contributed by atoms with Gasteiger partial charge in [0.2, 0.25) is 5.82 Å². The fourth-order valence-electron chi connectivity index (χ4n) is 2.41. The van der Waals surface area contributed by atoms with Crippen LogP contribution in [0.15, 0.2) is 41.0 Å². The van der Waals surface area contributed by atoms with Gasteiger partial charge in [-0.3, -0.25) is 14.9 Å². The van der Waals surface area contributed by atoms with Crippen LogP contribution in [0.25, 0.3) is 11.3 Å². The Hall–Kier alpha value is -3.26. The summed E-state index contributed by atoms with van der Waals surface area (Å²) in [6.07, 6.45) is 0. The Bertz CT molecular complexity index is 1020. The number of carbonyl (C=O) groups is 1. The maximum atomic E-state index is 12.5. The molecule has 8 nitrogen and oxygen atoms in total. The summed E-state index contributed by atoms with van der Waals surface area (Å²) in [5.41, 5.74) is 2.76. The normalized spacial score (nSPS) is 10.6. The number of nitrogens with one attached hydrogen (secondary N) is 1. The minimum Gasteiger partial charge on any atom is -0.302 e. The number of non-ortho nitro benzene ring substituents is 1. The van der Waals surface area contributed by atoms with E-state index in [4.69, 9.17) is 16.2 Å². The number of nitrogens with zero attached hydrogens (tertiary/aromatic N) is 3. The average Bonchev–Trinajstić information content (AvgIpc) is 3.05. The molecule has 0 saturated heterocycles. The standard InChI is InChI=1S/C17H13ClN4O4/c1-9-3-4-10(2)12(7-9)15-16(21-26-20-15)19-17(23)13-8-11(22(24)25)5-6-14(13)18/h3-8H,1-2H3,(H,19,21,23). The van der Waals surface area contributed by atoms with E-state index in [2.05, 4.69) is 15.6 Å². The topological polar surface area (TPSA) is 111 Å². The van der Waals surface area contributed by atoms with Gasteiger partial charge in [-0.2, -0.15) is 0 Å². The molecular weight excluding hydrogens is 360 g/mol. The number of rotatable bonds is 4. The van der Waals surface area contributed by atoms with Crippen molar-refractivity contribution in [2.75, 3.05) is 5.32 Å². The first kappa shape index (κ1) is 17.6. The fraction of sp³-hybridized carbons (Fsp3) is 0.118. The van der Waals surface area contributed by atoms with E-state index >= 15 is 0 Å². The Labute approximate surface area is 152 Å². The summed E-state index contributed by atoms with van der Waals surface area (Å²) < 4.78 is 4.77. The van der Waals surface area contributed by atoms with Gasteiger partial charge in [-0.15, -0.1) is 0 Å². The van der Waals surface area contributed by atoms with Crippen LogP contribution in [0.5, 0.6) is 0 Å². The molecular formula is C17H13ClN4O4. The first-order chi connectivity index (χ1) is 12.4. The molecule has 0 aliphatic rings. The predicted molar refractivity (Wildman–Crippen MR) is 95.3 cm³/mol. The molecule has 1 aromatic heterocycles. The Morgan fingerprint density at radius 3 is 2.69 bits per heavy atom. The SMILES string of the molecule is Cc1ccc(C)c(-c2nonc2NC(=O)c2cc([N+](=O)[O-])ccc2Cl)c1. The molecule has 3 rings (SSSR count). The van der Waals surface area contributed by atoms with Crippen molar-refractivity contribution < 1.29 is 14.3 Å². The zero-order valence-corrected chi connectivity index (χ0v) is 14.6. The molecule has 0 saturated carbocycles. The van der Waals surface area contributed by atoms with Crippen LogP contribution in [0.1, 0.15) is 21.5 Å². The minimum absolute atomic E-state index is 0.0456. The van der Waals surface area contributed by atoms with Gasteiger partial charge in [0.1, 0.15) is 0 Å². The fourth-order valence-corrected chi connectivity index (χ4v) is 2.62. The van der Waals surface area contributed by atoms with E-state index in [1.807, 2.05) is 32.0 Å². The van der Waals surface area contributed by atoms with Crippen molar-refractivity contribution in [3.05, 3.63) is 68.2 Å². The van der Waals surface area contributed by atoms with Gasteiger partial charge in [-0.1, -0.05) is 29.3 Å². The highest BCUT2D eigenvalue weighted by molar-refractivity contribution is 6.34. The van der Waals surface area contributed by atoms with Crippen LogP contribution in [0.4, 0.5) is 11.5 Å². The van der Waals surface area contributed by atoms with Crippen molar-refractivity contribution >= 4 is 29.0 Å². The number of aryl methyl sites for hydroxylation is 2. The number of benzene rings is 2. The van der Waals surface area contributed by atoms with E-state index in [1.54, 1.807) is 0 Å². The van der Waals surface area contributed by atoms with Crippen LogP contribution in [0.2, 0.25) is 5.02 Å². The Morgan fingerprint density at radius 1 is 1.19 bits per heavy atom. The lowest BCUT2D eigenvalue weighted by Gasteiger charge is -2.07. The van der Waals surface area contributed by atoms with Gasteiger partial charge in [0.25, 0.3) is 11.6 Å². The molecule has 9 heteroatoms. The van der Waals surface area contributed by atoms with Crippen molar-refractivity contribution in [1.82, 2.24) is 10.3 Å². The van der Waals surface area contributed by atoms with Gasteiger partial charge in [0.15, 0.2) is 5.69 Å². The van der Waals surface area contributed by atoms with E-state index in [0.717, 1.165) is 22.8 Å². The number of aromatic nitrogens is 2. The molecule has 1 N–H and O–H groups in total. The number of anilines is 1. The highest BCUT2D eigenvalue weighted by atomic mass is 35.5. The molecule has 0 unspecified atom stereocenters. The number of hydrogen-bond acceptors (Lipinski definition) is 6. The smallest absolute Gasteiger partial charge is 0.270 e. The van der Waals surface area contributed by atoms with Gasteiger partial charge < -0.3 is 5.32 Å². The van der Waals surface area contributed by atoms with Crippen LogP contribution in [0, 0.1) is 24.0 Å². The zero-order valence-electron chi connectivity index (χ0n) is 13.8. The second-order valence-corrected chi connectivity index (χ2v) is 6.06. The first-order valence-electron chi connectivity index (χ1n) is 7.52. The lowest BCUT2D eigenvalue weighted by molar-refractivity contribution is -0.384. The average molecular weight is 373 g/mol. The zero-order chi connectivity index (χ0) is 18.8. The molecule has 0 atom stereocenters. The van der Waals surface area contributed by atoms with E-state index in [0.29, 0.717) is 5.69 Å². The maximum Gasteiger partial charge on any atom is 0.270 e. The molecule has 0 aliphatic carbocycles. The van der Waals surface area contributed by atoms with Crippen LogP contribution >= 0.6 is 11.6 Å². The first-order valence-corrected chi connectivity index (χ1v) is 7.90. The third-order valence-electron chi connectivity index (χ3n) is 3.77. The van der Waals surface area contributed by atoms with E-state index in [-0.39, 0.29) is 22.1 Å². The molecule has 0 spiro atoms. The van der Waals surface area contributed by atoms with Gasteiger partial charge in [-0.05, 0) is 41.9 Å². The van der Waals surface area contributed by atoms with Gasteiger partial charge in [0.05, 0.1) is 15.5 Å². The second-order valence-electron chi connectivity index (χ2n) is 5.66. The molecule has 0 fully saturated rings.